The summed E-state index contributed by atoms with van der Waals surface area (Å²) in [6.45, 7) is 4.75. The monoisotopic (exact) mass is 349 g/mol. The minimum Gasteiger partial charge on any atom is -0.375 e. The summed E-state index contributed by atoms with van der Waals surface area (Å²) in [5.74, 6) is 1.32. The van der Waals surface area contributed by atoms with Gasteiger partial charge in [0, 0.05) is 35.4 Å². The Balaban J connectivity index is 1.60. The summed E-state index contributed by atoms with van der Waals surface area (Å²) in [5, 5.41) is 6.73. The number of ether oxygens (including phenoxy) is 1. The first kappa shape index (κ1) is 14.8. The lowest BCUT2D eigenvalue weighted by molar-refractivity contribution is 0.00355. The fraction of sp³-hybridized carbons (Fsp3) is 0.438. The molecule has 0 spiro atoms. The first-order valence-corrected chi connectivity index (χ1v) is 8.11. The van der Waals surface area contributed by atoms with Gasteiger partial charge in [-0.25, -0.2) is 4.98 Å². The molecule has 2 aliphatic rings. The number of nitrogens with zero attached hydrogens (tertiary/aromatic N) is 1. The molecule has 3 rings (SSSR count). The van der Waals surface area contributed by atoms with Crippen molar-refractivity contribution < 1.29 is 4.74 Å². The average molecular weight is 350 g/mol. The molecule has 0 radical (unpaired) electrons. The number of pyridine rings is 1. The minimum absolute atomic E-state index is 0.291. The zero-order chi connectivity index (χ0) is 14.7. The van der Waals surface area contributed by atoms with Crippen LogP contribution in [0.1, 0.15) is 12.0 Å². The van der Waals surface area contributed by atoms with Crippen molar-refractivity contribution in [1.82, 2.24) is 10.3 Å². The standard InChI is InChI=1S/C16H20BrN3O/c1-11-9-19-16(8-14(11)17)20-13-4-2-12(3-5-13)15-10-18-6-7-21-15/h2,4-5,8-9,12,15,18H,3,6-7,10H2,1H3,(H,19,20)/t12?,15-/m1/s1. The van der Waals surface area contributed by atoms with Gasteiger partial charge in [0.2, 0.25) is 0 Å². The normalized spacial score (nSPS) is 25.5. The van der Waals surface area contributed by atoms with E-state index in [9.17, 15) is 0 Å². The van der Waals surface area contributed by atoms with Crippen molar-refractivity contribution in [3.05, 3.63) is 46.2 Å². The number of halogens is 1. The van der Waals surface area contributed by atoms with Gasteiger partial charge in [-0.3, -0.25) is 0 Å². The summed E-state index contributed by atoms with van der Waals surface area (Å²) in [4.78, 5) is 4.39. The minimum atomic E-state index is 0.291. The van der Waals surface area contributed by atoms with E-state index in [-0.39, 0.29) is 0 Å². The van der Waals surface area contributed by atoms with Gasteiger partial charge in [-0.05, 0) is 31.1 Å². The summed E-state index contributed by atoms with van der Waals surface area (Å²) in [7, 11) is 0. The quantitative estimate of drug-likeness (QED) is 0.880. The first-order chi connectivity index (χ1) is 10.2. The average Bonchev–Trinajstić information content (AvgIpc) is 2.53. The molecule has 1 aliphatic carbocycles. The summed E-state index contributed by atoms with van der Waals surface area (Å²) in [5.41, 5.74) is 2.23. The lowest BCUT2D eigenvalue weighted by atomic mass is 9.93. The predicted molar refractivity (Wildman–Crippen MR) is 88.2 cm³/mol. The molecule has 0 aromatic carbocycles. The number of anilines is 1. The topological polar surface area (TPSA) is 46.2 Å². The van der Waals surface area contributed by atoms with E-state index in [4.69, 9.17) is 4.74 Å². The van der Waals surface area contributed by atoms with Crippen LogP contribution in [0.3, 0.4) is 0 Å². The van der Waals surface area contributed by atoms with Crippen LogP contribution in [0.25, 0.3) is 0 Å². The smallest absolute Gasteiger partial charge is 0.131 e. The largest absolute Gasteiger partial charge is 0.375 e. The number of nitrogens with one attached hydrogen (secondary N) is 2. The zero-order valence-electron chi connectivity index (χ0n) is 12.1. The Kier molecular flexibility index (Phi) is 4.73. The van der Waals surface area contributed by atoms with Gasteiger partial charge in [-0.15, -0.1) is 0 Å². The van der Waals surface area contributed by atoms with Crippen LogP contribution < -0.4 is 10.6 Å². The molecule has 1 saturated heterocycles. The van der Waals surface area contributed by atoms with Crippen molar-refractivity contribution in [2.45, 2.75) is 19.4 Å². The third-order valence-corrected chi connectivity index (χ3v) is 4.73. The van der Waals surface area contributed by atoms with Gasteiger partial charge in [0.1, 0.15) is 5.82 Å². The van der Waals surface area contributed by atoms with E-state index < -0.39 is 0 Å². The third kappa shape index (κ3) is 3.73. The van der Waals surface area contributed by atoms with Crippen LogP contribution in [0, 0.1) is 12.8 Å². The van der Waals surface area contributed by atoms with Crippen LogP contribution in [0.4, 0.5) is 5.82 Å². The second kappa shape index (κ2) is 6.73. The molecule has 1 fully saturated rings. The number of aromatic nitrogens is 1. The second-order valence-corrected chi connectivity index (χ2v) is 6.33. The highest BCUT2D eigenvalue weighted by molar-refractivity contribution is 9.10. The number of allylic oxidation sites excluding steroid dienone is 2. The maximum atomic E-state index is 5.82. The Morgan fingerprint density at radius 2 is 2.38 bits per heavy atom. The van der Waals surface area contributed by atoms with E-state index in [1.807, 2.05) is 19.2 Å². The maximum absolute atomic E-state index is 5.82. The molecule has 1 aliphatic heterocycles. The molecule has 2 atom stereocenters. The van der Waals surface area contributed by atoms with Crippen molar-refractivity contribution >= 4 is 21.7 Å². The summed E-state index contributed by atoms with van der Waals surface area (Å²) >= 11 is 3.53. The van der Waals surface area contributed by atoms with Crippen molar-refractivity contribution in [2.75, 3.05) is 25.0 Å². The zero-order valence-corrected chi connectivity index (χ0v) is 13.7. The summed E-state index contributed by atoms with van der Waals surface area (Å²) in [6, 6.07) is 2.00. The molecule has 5 heteroatoms. The Morgan fingerprint density at radius 1 is 1.48 bits per heavy atom. The number of morpholine rings is 1. The highest BCUT2D eigenvalue weighted by Crippen LogP contribution is 2.24. The van der Waals surface area contributed by atoms with Gasteiger partial charge in [-0.2, -0.15) is 0 Å². The van der Waals surface area contributed by atoms with Gasteiger partial charge in [0.05, 0.1) is 12.7 Å². The molecule has 21 heavy (non-hydrogen) atoms. The molecule has 2 heterocycles. The lowest BCUT2D eigenvalue weighted by Gasteiger charge is -2.30. The van der Waals surface area contributed by atoms with Gasteiger partial charge < -0.3 is 15.4 Å². The predicted octanol–water partition coefficient (Wildman–Crippen LogP) is 3.01. The molecule has 0 saturated carbocycles. The van der Waals surface area contributed by atoms with Gasteiger partial charge in [-0.1, -0.05) is 28.1 Å². The second-order valence-electron chi connectivity index (χ2n) is 5.48. The highest BCUT2D eigenvalue weighted by atomic mass is 79.9. The van der Waals surface area contributed by atoms with E-state index in [2.05, 4.69) is 49.8 Å². The molecule has 0 amide bonds. The van der Waals surface area contributed by atoms with E-state index in [1.54, 1.807) is 0 Å². The molecule has 0 bridgehead atoms. The van der Waals surface area contributed by atoms with E-state index in [0.717, 1.165) is 47.7 Å². The van der Waals surface area contributed by atoms with E-state index in [1.165, 1.54) is 0 Å². The molecule has 1 unspecified atom stereocenters. The Labute approximate surface area is 133 Å². The van der Waals surface area contributed by atoms with E-state index >= 15 is 0 Å². The SMILES string of the molecule is Cc1cnc(NC2=CCC([C@H]3CNCCO3)C=C2)cc1Br. The molecule has 1 aromatic rings. The van der Waals surface area contributed by atoms with Crippen LogP contribution in [0.2, 0.25) is 0 Å². The van der Waals surface area contributed by atoms with Crippen LogP contribution in [-0.4, -0.2) is 30.8 Å². The van der Waals surface area contributed by atoms with Crippen molar-refractivity contribution in [3.8, 4) is 0 Å². The first-order valence-electron chi connectivity index (χ1n) is 7.32. The van der Waals surface area contributed by atoms with Gasteiger partial charge in [0.15, 0.2) is 0 Å². The van der Waals surface area contributed by atoms with Crippen LogP contribution >= 0.6 is 15.9 Å². The fourth-order valence-corrected chi connectivity index (χ4v) is 2.90. The lowest BCUT2D eigenvalue weighted by Crippen LogP contribution is -2.42. The van der Waals surface area contributed by atoms with Gasteiger partial charge >= 0.3 is 0 Å². The fourth-order valence-electron chi connectivity index (χ4n) is 2.58. The van der Waals surface area contributed by atoms with Gasteiger partial charge in [0.25, 0.3) is 0 Å². The summed E-state index contributed by atoms with van der Waals surface area (Å²) < 4.78 is 6.89. The maximum Gasteiger partial charge on any atom is 0.131 e. The van der Waals surface area contributed by atoms with Crippen LogP contribution in [-0.2, 0) is 4.74 Å². The van der Waals surface area contributed by atoms with Crippen LogP contribution in [0.5, 0.6) is 0 Å². The molecule has 4 nitrogen and oxygen atoms in total. The van der Waals surface area contributed by atoms with Crippen molar-refractivity contribution in [3.63, 3.8) is 0 Å². The molecule has 1 aromatic heterocycles. The number of rotatable bonds is 3. The number of hydrogen-bond donors (Lipinski definition) is 2. The Morgan fingerprint density at radius 3 is 3.05 bits per heavy atom. The van der Waals surface area contributed by atoms with Crippen LogP contribution in [0.15, 0.2) is 40.7 Å². The molecule has 112 valence electrons. The molecular formula is C16H20BrN3O. The molecule has 2 N–H and O–H groups in total. The number of aryl methyl sites for hydroxylation is 1. The Hall–Kier alpha value is -1.17. The molecular weight excluding hydrogens is 330 g/mol. The van der Waals surface area contributed by atoms with E-state index in [0.29, 0.717) is 12.0 Å². The van der Waals surface area contributed by atoms with Crippen molar-refractivity contribution in [1.29, 1.82) is 0 Å². The summed E-state index contributed by atoms with van der Waals surface area (Å²) in [6.07, 6.45) is 9.74. The third-order valence-electron chi connectivity index (χ3n) is 3.88. The number of hydrogen-bond acceptors (Lipinski definition) is 4. The Bertz CT molecular complexity index is 565. The highest BCUT2D eigenvalue weighted by Gasteiger charge is 2.23. The van der Waals surface area contributed by atoms with Crippen molar-refractivity contribution in [2.24, 2.45) is 5.92 Å².